The first kappa shape index (κ1) is 24.1. The van der Waals surface area contributed by atoms with Crippen molar-refractivity contribution in [1.29, 1.82) is 0 Å². The molecule has 0 fully saturated rings. The Labute approximate surface area is 220 Å². The second-order valence-electron chi connectivity index (χ2n) is 7.40. The SMILES string of the molecule is NCc1cc(-c2ccc(C(=O)[O-])s2)sc1-c1ccc(-c2sc(-c3ccc(C(=O)[O-])s3)cc2CN)s1. The quantitative estimate of drug-likeness (QED) is 0.293. The highest BCUT2D eigenvalue weighted by Gasteiger charge is 2.18. The van der Waals surface area contributed by atoms with Crippen LogP contribution in [0.3, 0.4) is 0 Å². The van der Waals surface area contributed by atoms with Gasteiger partial charge in [-0.2, -0.15) is 0 Å². The summed E-state index contributed by atoms with van der Waals surface area (Å²) in [7, 11) is 0. The Hall–Kier alpha value is -2.64. The van der Waals surface area contributed by atoms with Gasteiger partial charge in [-0.1, -0.05) is 0 Å². The highest BCUT2D eigenvalue weighted by Crippen LogP contribution is 2.47. The molecule has 6 nitrogen and oxygen atoms in total. The second kappa shape index (κ2) is 9.78. The third-order valence-corrected chi connectivity index (χ3v) is 11.5. The third kappa shape index (κ3) is 4.64. The molecule has 5 heterocycles. The van der Waals surface area contributed by atoms with Crippen molar-refractivity contribution in [3.63, 3.8) is 0 Å². The van der Waals surface area contributed by atoms with Crippen molar-refractivity contribution in [3.8, 4) is 39.0 Å². The lowest BCUT2D eigenvalue weighted by molar-refractivity contribution is -0.255. The van der Waals surface area contributed by atoms with E-state index in [1.165, 1.54) is 22.7 Å². The third-order valence-electron chi connectivity index (χ3n) is 5.21. The lowest BCUT2D eigenvalue weighted by Gasteiger charge is -1.98. The van der Waals surface area contributed by atoms with Crippen LogP contribution in [0.25, 0.3) is 39.0 Å². The van der Waals surface area contributed by atoms with Gasteiger partial charge in [-0.25, -0.2) is 0 Å². The van der Waals surface area contributed by atoms with Gasteiger partial charge in [0.15, 0.2) is 0 Å². The molecule has 11 heteroatoms. The molecule has 178 valence electrons. The van der Waals surface area contributed by atoms with Gasteiger partial charge in [0, 0.05) is 52.1 Å². The molecule has 5 rings (SSSR count). The fourth-order valence-electron chi connectivity index (χ4n) is 3.56. The van der Waals surface area contributed by atoms with Crippen LogP contribution in [-0.4, -0.2) is 11.9 Å². The van der Waals surface area contributed by atoms with Gasteiger partial charge in [0.1, 0.15) is 0 Å². The van der Waals surface area contributed by atoms with E-state index in [9.17, 15) is 19.8 Å². The minimum atomic E-state index is -1.18. The zero-order chi connectivity index (χ0) is 24.7. The fraction of sp³-hybridized carbons (Fsp3) is 0.0833. The zero-order valence-corrected chi connectivity index (χ0v) is 21.9. The maximum absolute atomic E-state index is 11.2. The molecule has 5 aromatic heterocycles. The number of thiophene rings is 5. The average molecular weight is 557 g/mol. The van der Waals surface area contributed by atoms with E-state index in [1.54, 1.807) is 58.3 Å². The first-order valence-electron chi connectivity index (χ1n) is 10.3. The molecule has 0 aliphatic carbocycles. The number of carboxylic acids is 2. The molecule has 5 aromatic rings. The van der Waals surface area contributed by atoms with E-state index in [0.29, 0.717) is 13.1 Å². The molecular weight excluding hydrogens is 541 g/mol. The number of nitrogens with two attached hydrogens (primary N) is 2. The molecule has 0 atom stereocenters. The van der Waals surface area contributed by atoms with Crippen molar-refractivity contribution >= 4 is 68.6 Å². The van der Waals surface area contributed by atoms with Crippen LogP contribution in [0.4, 0.5) is 0 Å². The van der Waals surface area contributed by atoms with Crippen molar-refractivity contribution in [1.82, 2.24) is 0 Å². The molecule has 0 aromatic carbocycles. The lowest BCUT2D eigenvalue weighted by Crippen LogP contribution is -2.20. The predicted octanol–water partition coefficient (Wildman–Crippen LogP) is 4.31. The standard InChI is InChI=1S/C24H18N2O4S5/c25-9-11-7-19(13-1-5-17(31-13)23(27)28)34-21(11)15-3-4-16(33-15)22-12(10-26)8-20(35-22)14-2-6-18(32-14)24(29)30/h1-8H,9-10,25-26H2,(H,27,28)(H,29,30)/p-2. The van der Waals surface area contributed by atoms with Gasteiger partial charge in [0.25, 0.3) is 0 Å². The fourth-order valence-corrected chi connectivity index (χ4v) is 9.09. The molecule has 0 bridgehead atoms. The molecule has 0 saturated heterocycles. The van der Waals surface area contributed by atoms with Gasteiger partial charge in [-0.3, -0.25) is 0 Å². The van der Waals surface area contributed by atoms with Crippen molar-refractivity contribution in [3.05, 3.63) is 69.4 Å². The zero-order valence-electron chi connectivity index (χ0n) is 17.9. The first-order chi connectivity index (χ1) is 16.9. The van der Waals surface area contributed by atoms with E-state index in [4.69, 9.17) is 11.5 Å². The summed E-state index contributed by atoms with van der Waals surface area (Å²) in [5, 5.41) is 22.3. The van der Waals surface area contributed by atoms with Gasteiger partial charge >= 0.3 is 0 Å². The Morgan fingerprint density at radius 3 is 1.31 bits per heavy atom. The van der Waals surface area contributed by atoms with Crippen LogP contribution in [0, 0.1) is 0 Å². The number of carbonyl (C=O) groups excluding carboxylic acids is 2. The lowest BCUT2D eigenvalue weighted by atomic mass is 10.2. The second-order valence-corrected chi connectivity index (χ2v) is 12.8. The topological polar surface area (TPSA) is 132 Å². The maximum Gasteiger partial charge on any atom is 0.0815 e. The Balaban J connectivity index is 1.49. The van der Waals surface area contributed by atoms with E-state index in [0.717, 1.165) is 50.1 Å². The monoisotopic (exact) mass is 556 g/mol. The summed E-state index contributed by atoms with van der Waals surface area (Å²) >= 11 is 7.20. The summed E-state index contributed by atoms with van der Waals surface area (Å²) in [6.45, 7) is 0.738. The van der Waals surface area contributed by atoms with Crippen LogP contribution >= 0.6 is 56.7 Å². The van der Waals surface area contributed by atoms with E-state index < -0.39 is 11.9 Å². The molecule has 0 aliphatic heterocycles. The van der Waals surface area contributed by atoms with Crippen LogP contribution in [0.15, 0.2) is 48.5 Å². The van der Waals surface area contributed by atoms with Crippen molar-refractivity contribution < 1.29 is 19.8 Å². The summed E-state index contributed by atoms with van der Waals surface area (Å²) in [6, 6.07) is 14.9. The summed E-state index contributed by atoms with van der Waals surface area (Å²) in [4.78, 5) is 30.6. The van der Waals surface area contributed by atoms with E-state index in [1.807, 2.05) is 12.1 Å². The van der Waals surface area contributed by atoms with Gasteiger partial charge in [-0.05, 0) is 59.7 Å². The molecule has 0 spiro atoms. The molecule has 0 saturated carbocycles. The average Bonchev–Trinajstić information content (AvgIpc) is 3.66. The van der Waals surface area contributed by atoms with Crippen LogP contribution < -0.4 is 21.7 Å². The van der Waals surface area contributed by atoms with Crippen LogP contribution in [0.5, 0.6) is 0 Å². The number of hydrogen-bond acceptors (Lipinski definition) is 11. The van der Waals surface area contributed by atoms with Crippen LogP contribution in [0.2, 0.25) is 0 Å². The largest absolute Gasteiger partial charge is 0.544 e. The minimum absolute atomic E-state index is 0.197. The van der Waals surface area contributed by atoms with E-state index in [-0.39, 0.29) is 9.75 Å². The maximum atomic E-state index is 11.2. The molecule has 0 amide bonds. The Morgan fingerprint density at radius 1 is 0.571 bits per heavy atom. The van der Waals surface area contributed by atoms with Crippen LogP contribution in [-0.2, 0) is 13.1 Å². The van der Waals surface area contributed by atoms with Crippen molar-refractivity contribution in [2.45, 2.75) is 13.1 Å². The summed E-state index contributed by atoms with van der Waals surface area (Å²) in [6.07, 6.45) is 0. The normalized spacial score (nSPS) is 11.3. The minimum Gasteiger partial charge on any atom is -0.544 e. The van der Waals surface area contributed by atoms with E-state index in [2.05, 4.69) is 12.1 Å². The van der Waals surface area contributed by atoms with Crippen LogP contribution in [0.1, 0.15) is 30.5 Å². The number of rotatable bonds is 8. The van der Waals surface area contributed by atoms with Crippen molar-refractivity contribution in [2.75, 3.05) is 0 Å². The molecule has 0 unspecified atom stereocenters. The summed E-state index contributed by atoms with van der Waals surface area (Å²) < 4.78 is 0. The number of carboxylic acid groups (broad SMARTS) is 2. The molecule has 0 radical (unpaired) electrons. The smallest absolute Gasteiger partial charge is 0.0815 e. The number of carbonyl (C=O) groups is 2. The Bertz CT molecular complexity index is 1440. The van der Waals surface area contributed by atoms with Gasteiger partial charge in [0.2, 0.25) is 0 Å². The number of aromatic carboxylic acids is 2. The Morgan fingerprint density at radius 2 is 0.971 bits per heavy atom. The first-order valence-corrected chi connectivity index (χ1v) is 14.4. The summed E-state index contributed by atoms with van der Waals surface area (Å²) in [5.41, 5.74) is 14.1. The van der Waals surface area contributed by atoms with Gasteiger partial charge < -0.3 is 31.3 Å². The molecule has 35 heavy (non-hydrogen) atoms. The molecule has 0 aliphatic rings. The summed E-state index contributed by atoms with van der Waals surface area (Å²) in [5.74, 6) is -2.35. The molecule has 4 N–H and O–H groups in total. The van der Waals surface area contributed by atoms with E-state index >= 15 is 0 Å². The number of hydrogen-bond donors (Lipinski definition) is 2. The predicted molar refractivity (Wildman–Crippen MR) is 142 cm³/mol. The highest BCUT2D eigenvalue weighted by molar-refractivity contribution is 7.30. The van der Waals surface area contributed by atoms with Crippen molar-refractivity contribution in [2.24, 2.45) is 11.5 Å². The van der Waals surface area contributed by atoms with Gasteiger partial charge in [0.05, 0.1) is 21.7 Å². The molecular formula is C24H16N2O4S5-2. The Kier molecular flexibility index (Phi) is 6.73. The highest BCUT2D eigenvalue weighted by atomic mass is 32.1. The van der Waals surface area contributed by atoms with Gasteiger partial charge in [-0.15, -0.1) is 56.7 Å².